The van der Waals surface area contributed by atoms with Crippen molar-refractivity contribution in [3.8, 4) is 5.75 Å². The van der Waals surface area contributed by atoms with E-state index in [1.54, 1.807) is 32.0 Å². The second-order valence-electron chi connectivity index (χ2n) is 8.09. The van der Waals surface area contributed by atoms with Gasteiger partial charge in [0, 0.05) is 24.7 Å². The molecular weight excluding hydrogens is 416 g/mol. The molecule has 2 aromatic heterocycles. The summed E-state index contributed by atoms with van der Waals surface area (Å²) in [5.41, 5.74) is 3.68. The first-order chi connectivity index (χ1) is 15.3. The number of amides is 2. The summed E-state index contributed by atoms with van der Waals surface area (Å²) in [7, 11) is 0. The van der Waals surface area contributed by atoms with E-state index in [0.717, 1.165) is 5.56 Å². The van der Waals surface area contributed by atoms with Gasteiger partial charge in [-0.3, -0.25) is 14.4 Å². The van der Waals surface area contributed by atoms with E-state index in [2.05, 4.69) is 31.1 Å². The van der Waals surface area contributed by atoms with Crippen molar-refractivity contribution in [2.24, 2.45) is 0 Å². The number of Topliss-reactive ketones (excluding diaryl/α,β-unsaturated/α-hetero) is 1. The van der Waals surface area contributed by atoms with Crippen LogP contribution in [0.1, 0.15) is 46.7 Å². The minimum atomic E-state index is -0.812. The standard InChI is InChI=1S/C21H22N6O5/c1-21(2,27-31)6-14(28)12-8-22-18-17(12)24-10-25-19(18)20(30)23-7-11-3-4-15-13(5-11)26-16(29)9-32-15/h3-5,8,10,22,27,31H,6-7,9H2,1-2H3,(H,23,30)(H,26,29). The highest BCUT2D eigenvalue weighted by Crippen LogP contribution is 2.28. The Balaban J connectivity index is 1.51. The topological polar surface area (TPSA) is 158 Å². The van der Waals surface area contributed by atoms with Crippen LogP contribution in [0.3, 0.4) is 0 Å². The van der Waals surface area contributed by atoms with Crippen LogP contribution < -0.4 is 20.9 Å². The summed E-state index contributed by atoms with van der Waals surface area (Å²) in [5.74, 6) is -0.363. The lowest BCUT2D eigenvalue weighted by Gasteiger charge is -2.20. The SMILES string of the molecule is CC(C)(CC(=O)c1c[nH]c2c(C(=O)NCc3ccc4c(c3)NC(=O)CO4)ncnc12)NO. The molecule has 0 atom stereocenters. The van der Waals surface area contributed by atoms with Crippen LogP contribution in [0.15, 0.2) is 30.7 Å². The average molecular weight is 438 g/mol. The molecule has 0 aliphatic carbocycles. The third-order valence-corrected chi connectivity index (χ3v) is 5.01. The predicted octanol–water partition coefficient (Wildman–Crippen LogP) is 1.55. The van der Waals surface area contributed by atoms with Crippen LogP contribution in [-0.2, 0) is 11.3 Å². The average Bonchev–Trinajstić information content (AvgIpc) is 3.21. The van der Waals surface area contributed by atoms with Gasteiger partial charge in [0.15, 0.2) is 18.1 Å². The van der Waals surface area contributed by atoms with Gasteiger partial charge in [-0.1, -0.05) is 6.07 Å². The minimum absolute atomic E-state index is 0.0263. The van der Waals surface area contributed by atoms with Gasteiger partial charge in [-0.2, -0.15) is 5.48 Å². The van der Waals surface area contributed by atoms with Gasteiger partial charge < -0.3 is 25.6 Å². The number of hydrogen-bond acceptors (Lipinski definition) is 8. The van der Waals surface area contributed by atoms with Crippen molar-refractivity contribution in [1.82, 2.24) is 25.7 Å². The number of anilines is 1. The molecule has 166 valence electrons. The Bertz CT molecular complexity index is 1220. The second-order valence-corrected chi connectivity index (χ2v) is 8.09. The van der Waals surface area contributed by atoms with Crippen molar-refractivity contribution in [3.63, 3.8) is 0 Å². The van der Waals surface area contributed by atoms with Crippen LogP contribution in [0.25, 0.3) is 11.0 Å². The Morgan fingerprint density at radius 1 is 1.28 bits per heavy atom. The number of ketones is 1. The summed E-state index contributed by atoms with van der Waals surface area (Å²) in [6, 6.07) is 5.24. The highest BCUT2D eigenvalue weighted by molar-refractivity contribution is 6.11. The van der Waals surface area contributed by atoms with Crippen LogP contribution in [0.5, 0.6) is 5.75 Å². The number of aromatic nitrogens is 3. The van der Waals surface area contributed by atoms with Crippen molar-refractivity contribution in [1.29, 1.82) is 0 Å². The van der Waals surface area contributed by atoms with E-state index in [9.17, 15) is 19.6 Å². The molecule has 1 aromatic carbocycles. The van der Waals surface area contributed by atoms with E-state index >= 15 is 0 Å². The summed E-state index contributed by atoms with van der Waals surface area (Å²) >= 11 is 0. The number of hydrogen-bond donors (Lipinski definition) is 5. The number of nitrogens with zero attached hydrogens (tertiary/aromatic N) is 2. The summed E-state index contributed by atoms with van der Waals surface area (Å²) < 4.78 is 5.33. The molecular formula is C21H22N6O5. The Labute approximate surface area is 182 Å². The normalized spacial score (nSPS) is 13.3. The molecule has 0 saturated heterocycles. The fraction of sp³-hybridized carbons (Fsp3) is 0.286. The van der Waals surface area contributed by atoms with Crippen molar-refractivity contribution >= 4 is 34.3 Å². The molecule has 0 radical (unpaired) electrons. The van der Waals surface area contributed by atoms with Crippen molar-refractivity contribution in [2.45, 2.75) is 32.4 Å². The molecule has 11 nitrogen and oxygen atoms in total. The van der Waals surface area contributed by atoms with Crippen molar-refractivity contribution in [2.75, 3.05) is 11.9 Å². The fourth-order valence-electron chi connectivity index (χ4n) is 3.37. The number of hydroxylamine groups is 1. The first kappa shape index (κ1) is 21.4. The van der Waals surface area contributed by atoms with Gasteiger partial charge in [-0.15, -0.1) is 0 Å². The number of carbonyl (C=O) groups is 3. The van der Waals surface area contributed by atoms with E-state index in [0.29, 0.717) is 28.0 Å². The summed E-state index contributed by atoms with van der Waals surface area (Å²) in [5, 5.41) is 14.7. The van der Waals surface area contributed by atoms with Gasteiger partial charge in [-0.05, 0) is 31.5 Å². The molecule has 0 bridgehead atoms. The zero-order valence-corrected chi connectivity index (χ0v) is 17.5. The van der Waals surface area contributed by atoms with Gasteiger partial charge in [0.1, 0.15) is 17.6 Å². The van der Waals surface area contributed by atoms with Crippen molar-refractivity contribution < 1.29 is 24.3 Å². The summed E-state index contributed by atoms with van der Waals surface area (Å²) in [6.07, 6.45) is 2.74. The van der Waals surface area contributed by atoms with Gasteiger partial charge in [0.25, 0.3) is 11.8 Å². The van der Waals surface area contributed by atoms with E-state index in [1.165, 1.54) is 12.5 Å². The number of aromatic amines is 1. The number of fused-ring (bicyclic) bond motifs is 2. The van der Waals surface area contributed by atoms with Crippen LogP contribution in [0.2, 0.25) is 0 Å². The fourth-order valence-corrected chi connectivity index (χ4v) is 3.37. The molecule has 3 heterocycles. The van der Waals surface area contributed by atoms with E-state index in [1.807, 2.05) is 0 Å². The molecule has 0 unspecified atom stereocenters. The first-order valence-corrected chi connectivity index (χ1v) is 9.88. The van der Waals surface area contributed by atoms with E-state index < -0.39 is 11.4 Å². The molecule has 3 aromatic rings. The Morgan fingerprint density at radius 2 is 2.09 bits per heavy atom. The highest BCUT2D eigenvalue weighted by atomic mass is 16.5. The molecule has 32 heavy (non-hydrogen) atoms. The van der Waals surface area contributed by atoms with Gasteiger partial charge in [-0.25, -0.2) is 9.97 Å². The van der Waals surface area contributed by atoms with Crippen molar-refractivity contribution in [3.05, 3.63) is 47.5 Å². The lowest BCUT2D eigenvalue weighted by atomic mass is 9.96. The smallest absolute Gasteiger partial charge is 0.272 e. The maximum Gasteiger partial charge on any atom is 0.272 e. The number of carbonyl (C=O) groups excluding carboxylic acids is 3. The molecule has 2 amide bonds. The zero-order valence-electron chi connectivity index (χ0n) is 17.5. The lowest BCUT2D eigenvalue weighted by Crippen LogP contribution is -2.38. The van der Waals surface area contributed by atoms with Gasteiger partial charge in [0.2, 0.25) is 0 Å². The van der Waals surface area contributed by atoms with Gasteiger partial charge in [0.05, 0.1) is 16.8 Å². The Kier molecular flexibility index (Phi) is 5.59. The van der Waals surface area contributed by atoms with Crippen LogP contribution in [0, 0.1) is 0 Å². The quantitative estimate of drug-likeness (QED) is 0.274. The summed E-state index contributed by atoms with van der Waals surface area (Å²) in [6.45, 7) is 3.54. The Morgan fingerprint density at radius 3 is 2.88 bits per heavy atom. The Hall–Kier alpha value is -3.83. The number of benzene rings is 1. The van der Waals surface area contributed by atoms with Gasteiger partial charge >= 0.3 is 0 Å². The molecule has 5 N–H and O–H groups in total. The molecule has 0 spiro atoms. The molecule has 1 aliphatic rings. The number of H-pyrrole nitrogens is 1. The number of rotatable bonds is 7. The highest BCUT2D eigenvalue weighted by Gasteiger charge is 2.25. The molecule has 4 rings (SSSR count). The minimum Gasteiger partial charge on any atom is -0.482 e. The summed E-state index contributed by atoms with van der Waals surface area (Å²) in [4.78, 5) is 48.1. The second kappa shape index (κ2) is 8.36. The van der Waals surface area contributed by atoms with Crippen LogP contribution in [-0.4, -0.2) is 49.9 Å². The zero-order chi connectivity index (χ0) is 22.9. The van der Waals surface area contributed by atoms with E-state index in [-0.39, 0.29) is 37.0 Å². The maximum absolute atomic E-state index is 12.8. The largest absolute Gasteiger partial charge is 0.482 e. The first-order valence-electron chi connectivity index (χ1n) is 9.88. The maximum atomic E-state index is 12.8. The van der Waals surface area contributed by atoms with Crippen LogP contribution in [0.4, 0.5) is 5.69 Å². The monoisotopic (exact) mass is 438 g/mol. The predicted molar refractivity (Wildman–Crippen MR) is 114 cm³/mol. The lowest BCUT2D eigenvalue weighted by molar-refractivity contribution is -0.118. The van der Waals surface area contributed by atoms with Crippen LogP contribution >= 0.6 is 0 Å². The molecule has 0 fully saturated rings. The third kappa shape index (κ3) is 4.29. The molecule has 1 aliphatic heterocycles. The molecule has 0 saturated carbocycles. The molecule has 11 heteroatoms. The number of ether oxygens (including phenoxy) is 1. The number of nitrogens with one attached hydrogen (secondary N) is 4. The third-order valence-electron chi connectivity index (χ3n) is 5.01. The van der Waals surface area contributed by atoms with E-state index in [4.69, 9.17) is 4.74 Å².